The highest BCUT2D eigenvalue weighted by Crippen LogP contribution is 2.31. The molecule has 1 N–H and O–H groups in total. The Morgan fingerprint density at radius 3 is 2.42 bits per heavy atom. The molecular formula is C19H18ClNO3. The van der Waals surface area contributed by atoms with Crippen molar-refractivity contribution in [2.24, 2.45) is 0 Å². The van der Waals surface area contributed by atoms with Crippen LogP contribution in [0, 0.1) is 0 Å². The van der Waals surface area contributed by atoms with Crippen LogP contribution in [0.4, 0.5) is 0 Å². The third kappa shape index (κ3) is 3.02. The van der Waals surface area contributed by atoms with Gasteiger partial charge in [-0.1, -0.05) is 48.0 Å². The Labute approximate surface area is 145 Å². The van der Waals surface area contributed by atoms with E-state index in [4.69, 9.17) is 11.6 Å². The summed E-state index contributed by atoms with van der Waals surface area (Å²) in [5, 5.41) is 9.94. The van der Waals surface area contributed by atoms with Crippen LogP contribution in [-0.2, 0) is 16.0 Å². The lowest BCUT2D eigenvalue weighted by molar-refractivity contribution is -0.168. The first kappa shape index (κ1) is 16.5. The minimum atomic E-state index is -1.06. The molecule has 1 atom stereocenters. The van der Waals surface area contributed by atoms with E-state index in [9.17, 15) is 14.7 Å². The van der Waals surface area contributed by atoms with E-state index in [0.29, 0.717) is 18.0 Å². The lowest BCUT2D eigenvalue weighted by Gasteiger charge is -2.47. The number of carboxylic acids is 1. The molecule has 2 aromatic rings. The van der Waals surface area contributed by atoms with E-state index < -0.39 is 11.5 Å². The Morgan fingerprint density at radius 2 is 1.88 bits per heavy atom. The predicted molar refractivity (Wildman–Crippen MR) is 93.0 cm³/mol. The second kappa shape index (κ2) is 6.29. The normalized spacial score (nSPS) is 19.7. The molecule has 5 heteroatoms. The Bertz CT molecular complexity index is 787. The number of carbonyl (C=O) groups excluding carboxylic acids is 1. The Hall–Kier alpha value is -2.33. The SMILES string of the molecule is CC1(C(=O)O)CCN1C(=O)Cc1ccc(-c2cccc(Cl)c2)cc1. The average Bonchev–Trinajstić information content (AvgIpc) is 2.53. The molecule has 124 valence electrons. The van der Waals surface area contributed by atoms with Crippen LogP contribution in [-0.4, -0.2) is 34.0 Å². The molecule has 0 saturated carbocycles. The van der Waals surface area contributed by atoms with Crippen molar-refractivity contribution in [2.75, 3.05) is 6.54 Å². The smallest absolute Gasteiger partial charge is 0.329 e. The number of carboxylic acid groups (broad SMARTS) is 1. The van der Waals surface area contributed by atoms with Crippen molar-refractivity contribution < 1.29 is 14.7 Å². The quantitative estimate of drug-likeness (QED) is 0.922. The van der Waals surface area contributed by atoms with Crippen LogP contribution in [0.15, 0.2) is 48.5 Å². The maximum atomic E-state index is 12.4. The number of nitrogens with zero attached hydrogens (tertiary/aromatic N) is 1. The molecule has 1 amide bonds. The van der Waals surface area contributed by atoms with Gasteiger partial charge in [-0.15, -0.1) is 0 Å². The molecule has 1 saturated heterocycles. The van der Waals surface area contributed by atoms with E-state index in [2.05, 4.69) is 0 Å². The van der Waals surface area contributed by atoms with Gasteiger partial charge >= 0.3 is 5.97 Å². The fourth-order valence-corrected chi connectivity index (χ4v) is 3.12. The molecule has 0 radical (unpaired) electrons. The van der Waals surface area contributed by atoms with E-state index in [-0.39, 0.29) is 12.3 Å². The highest BCUT2D eigenvalue weighted by atomic mass is 35.5. The molecule has 0 spiro atoms. The van der Waals surface area contributed by atoms with Crippen molar-refractivity contribution in [1.29, 1.82) is 0 Å². The Morgan fingerprint density at radius 1 is 1.17 bits per heavy atom. The Balaban J connectivity index is 1.71. The second-order valence-corrected chi connectivity index (χ2v) is 6.69. The number of rotatable bonds is 4. The van der Waals surface area contributed by atoms with Crippen LogP contribution < -0.4 is 0 Å². The molecule has 0 aliphatic carbocycles. The molecule has 1 unspecified atom stereocenters. The molecule has 1 fully saturated rings. The summed E-state index contributed by atoms with van der Waals surface area (Å²) in [5.41, 5.74) is 1.85. The predicted octanol–water partition coefficient (Wildman–Crippen LogP) is 3.63. The number of hydrogen-bond acceptors (Lipinski definition) is 2. The zero-order valence-corrected chi connectivity index (χ0v) is 14.1. The molecule has 3 rings (SSSR count). The summed E-state index contributed by atoms with van der Waals surface area (Å²) in [6.07, 6.45) is 0.709. The van der Waals surface area contributed by atoms with Crippen LogP contribution in [0.3, 0.4) is 0 Å². The first-order chi connectivity index (χ1) is 11.4. The summed E-state index contributed by atoms with van der Waals surface area (Å²) in [6, 6.07) is 15.3. The van der Waals surface area contributed by atoms with Crippen LogP contribution in [0.1, 0.15) is 18.9 Å². The van der Waals surface area contributed by atoms with Crippen molar-refractivity contribution in [3.8, 4) is 11.1 Å². The largest absolute Gasteiger partial charge is 0.480 e. The fraction of sp³-hybridized carbons (Fsp3) is 0.263. The molecule has 0 aromatic heterocycles. The molecule has 1 heterocycles. The van der Waals surface area contributed by atoms with Crippen molar-refractivity contribution >= 4 is 23.5 Å². The molecule has 1 aliphatic rings. The molecule has 2 aromatic carbocycles. The van der Waals surface area contributed by atoms with E-state index in [1.165, 1.54) is 4.90 Å². The molecule has 24 heavy (non-hydrogen) atoms. The second-order valence-electron chi connectivity index (χ2n) is 6.26. The van der Waals surface area contributed by atoms with Gasteiger partial charge in [0.2, 0.25) is 5.91 Å². The minimum Gasteiger partial charge on any atom is -0.480 e. The lowest BCUT2D eigenvalue weighted by Crippen LogP contribution is -2.64. The van der Waals surface area contributed by atoms with Crippen molar-refractivity contribution in [3.05, 3.63) is 59.1 Å². The van der Waals surface area contributed by atoms with Gasteiger partial charge in [-0.05, 0) is 42.2 Å². The third-order valence-corrected chi connectivity index (χ3v) is 4.88. The molecule has 4 nitrogen and oxygen atoms in total. The number of amides is 1. The molecule has 1 aliphatic heterocycles. The first-order valence-electron chi connectivity index (χ1n) is 7.79. The summed E-state index contributed by atoms with van der Waals surface area (Å²) in [6.45, 7) is 2.10. The number of carbonyl (C=O) groups is 2. The minimum absolute atomic E-state index is 0.151. The zero-order chi connectivity index (χ0) is 17.3. The number of hydrogen-bond donors (Lipinski definition) is 1. The van der Waals surface area contributed by atoms with Gasteiger partial charge in [0.15, 0.2) is 0 Å². The molecular weight excluding hydrogens is 326 g/mol. The Kier molecular flexibility index (Phi) is 4.33. The number of benzene rings is 2. The van der Waals surface area contributed by atoms with Gasteiger partial charge in [0.1, 0.15) is 5.54 Å². The van der Waals surface area contributed by atoms with Gasteiger partial charge in [0.05, 0.1) is 6.42 Å². The zero-order valence-electron chi connectivity index (χ0n) is 13.3. The third-order valence-electron chi connectivity index (χ3n) is 4.65. The van der Waals surface area contributed by atoms with E-state index in [1.54, 1.807) is 6.92 Å². The van der Waals surface area contributed by atoms with Gasteiger partial charge in [0.25, 0.3) is 0 Å². The van der Waals surface area contributed by atoms with Gasteiger partial charge in [-0.25, -0.2) is 4.79 Å². The topological polar surface area (TPSA) is 57.6 Å². The van der Waals surface area contributed by atoms with Crippen LogP contribution in [0.25, 0.3) is 11.1 Å². The lowest BCUT2D eigenvalue weighted by atomic mass is 9.86. The van der Waals surface area contributed by atoms with Crippen molar-refractivity contribution in [1.82, 2.24) is 4.90 Å². The maximum Gasteiger partial charge on any atom is 0.329 e. The van der Waals surface area contributed by atoms with E-state index in [1.807, 2.05) is 48.5 Å². The van der Waals surface area contributed by atoms with Crippen LogP contribution in [0.2, 0.25) is 5.02 Å². The summed E-state index contributed by atoms with van der Waals surface area (Å²) in [7, 11) is 0. The average molecular weight is 344 g/mol. The number of likely N-dealkylation sites (tertiary alicyclic amines) is 1. The number of halogens is 1. The summed E-state index contributed by atoms with van der Waals surface area (Å²) < 4.78 is 0. The standard InChI is InChI=1S/C19H18ClNO3/c1-19(18(23)24)9-10-21(19)17(22)11-13-5-7-14(8-6-13)15-3-2-4-16(20)12-15/h2-8,12H,9-11H2,1H3,(H,23,24). The summed E-state index contributed by atoms with van der Waals surface area (Å²) in [4.78, 5) is 25.1. The first-order valence-corrected chi connectivity index (χ1v) is 8.17. The highest BCUT2D eigenvalue weighted by molar-refractivity contribution is 6.30. The van der Waals surface area contributed by atoms with Gasteiger partial charge < -0.3 is 10.0 Å². The van der Waals surface area contributed by atoms with E-state index >= 15 is 0 Å². The molecule has 0 bridgehead atoms. The van der Waals surface area contributed by atoms with Gasteiger partial charge in [-0.2, -0.15) is 0 Å². The van der Waals surface area contributed by atoms with Crippen LogP contribution >= 0.6 is 11.6 Å². The fourth-order valence-electron chi connectivity index (χ4n) is 2.93. The van der Waals surface area contributed by atoms with Gasteiger partial charge in [-0.3, -0.25) is 4.79 Å². The maximum absolute atomic E-state index is 12.4. The summed E-state index contributed by atoms with van der Waals surface area (Å²) >= 11 is 6.01. The summed E-state index contributed by atoms with van der Waals surface area (Å²) in [5.74, 6) is -1.10. The van der Waals surface area contributed by atoms with Crippen molar-refractivity contribution in [2.45, 2.75) is 25.3 Å². The highest BCUT2D eigenvalue weighted by Gasteiger charge is 2.49. The van der Waals surface area contributed by atoms with Crippen molar-refractivity contribution in [3.63, 3.8) is 0 Å². The van der Waals surface area contributed by atoms with Gasteiger partial charge in [0, 0.05) is 11.6 Å². The van der Waals surface area contributed by atoms with E-state index in [0.717, 1.165) is 16.7 Å². The number of aliphatic carboxylic acids is 1. The van der Waals surface area contributed by atoms with Crippen LogP contribution in [0.5, 0.6) is 0 Å². The monoisotopic (exact) mass is 343 g/mol.